The van der Waals surface area contributed by atoms with E-state index in [4.69, 9.17) is 0 Å². The Morgan fingerprint density at radius 3 is 2.50 bits per heavy atom. The minimum absolute atomic E-state index is 0.00107. The molecule has 0 atom stereocenters. The molecule has 0 aliphatic carbocycles. The molecule has 0 bridgehead atoms. The topological polar surface area (TPSA) is 58.1 Å². The van der Waals surface area contributed by atoms with Crippen molar-refractivity contribution in [3.63, 3.8) is 0 Å². The summed E-state index contributed by atoms with van der Waals surface area (Å²) in [6.07, 6.45) is 3.30. The Hall–Kier alpha value is -1.49. The minimum Gasteiger partial charge on any atom is -0.312 e. The predicted molar refractivity (Wildman–Crippen MR) is 63.3 cm³/mol. The molecule has 1 heterocycles. The van der Waals surface area contributed by atoms with Crippen LogP contribution >= 0.6 is 0 Å². The van der Waals surface area contributed by atoms with Gasteiger partial charge < -0.3 is 10.2 Å². The van der Waals surface area contributed by atoms with E-state index in [1.165, 1.54) is 0 Å². The summed E-state index contributed by atoms with van der Waals surface area (Å²) >= 11 is 0. The average molecular weight is 222 g/mol. The van der Waals surface area contributed by atoms with Crippen LogP contribution in [0.15, 0.2) is 12.4 Å². The highest BCUT2D eigenvalue weighted by molar-refractivity contribution is 5.93. The zero-order chi connectivity index (χ0) is 12.1. The van der Waals surface area contributed by atoms with Crippen LogP contribution in [0.2, 0.25) is 0 Å². The van der Waals surface area contributed by atoms with Crippen molar-refractivity contribution in [2.24, 2.45) is 0 Å². The summed E-state index contributed by atoms with van der Waals surface area (Å²) in [5.41, 5.74) is 0.709. The van der Waals surface area contributed by atoms with Gasteiger partial charge in [0.25, 0.3) is 0 Å². The molecule has 0 aromatic carbocycles. The zero-order valence-corrected chi connectivity index (χ0v) is 10.2. The van der Waals surface area contributed by atoms with E-state index in [0.717, 1.165) is 0 Å². The largest absolute Gasteiger partial charge is 0.312 e. The monoisotopic (exact) mass is 222 g/mol. The standard InChI is InChI=1S/C11H18N4O/c1-8(2)12-7-11(16)15(4)10-5-13-9(3)14-6-10/h5-6,8,12H,7H2,1-4H3. The molecule has 5 heteroatoms. The molecule has 0 spiro atoms. The van der Waals surface area contributed by atoms with Crippen LogP contribution in [-0.4, -0.2) is 35.5 Å². The maximum Gasteiger partial charge on any atom is 0.240 e. The van der Waals surface area contributed by atoms with Gasteiger partial charge in [-0.25, -0.2) is 9.97 Å². The highest BCUT2D eigenvalue weighted by Gasteiger charge is 2.11. The van der Waals surface area contributed by atoms with Crippen molar-refractivity contribution in [2.75, 3.05) is 18.5 Å². The SMILES string of the molecule is Cc1ncc(N(C)C(=O)CNC(C)C)cn1. The normalized spacial score (nSPS) is 10.6. The van der Waals surface area contributed by atoms with Gasteiger partial charge in [-0.3, -0.25) is 4.79 Å². The second kappa shape index (κ2) is 5.55. The highest BCUT2D eigenvalue weighted by Crippen LogP contribution is 2.08. The van der Waals surface area contributed by atoms with Crippen LogP contribution in [0.3, 0.4) is 0 Å². The summed E-state index contributed by atoms with van der Waals surface area (Å²) in [6.45, 7) is 6.14. The molecule has 0 fully saturated rings. The Labute approximate surface area is 95.9 Å². The number of hydrogen-bond donors (Lipinski definition) is 1. The van der Waals surface area contributed by atoms with Crippen molar-refractivity contribution in [3.8, 4) is 0 Å². The van der Waals surface area contributed by atoms with Gasteiger partial charge in [0.05, 0.1) is 24.6 Å². The number of hydrogen-bond acceptors (Lipinski definition) is 4. The predicted octanol–water partition coefficient (Wildman–Crippen LogP) is 0.746. The number of carbonyl (C=O) groups is 1. The first-order valence-electron chi connectivity index (χ1n) is 5.29. The molecule has 5 nitrogen and oxygen atoms in total. The van der Waals surface area contributed by atoms with Crippen molar-refractivity contribution in [1.29, 1.82) is 0 Å². The van der Waals surface area contributed by atoms with Crippen LogP contribution in [-0.2, 0) is 4.79 Å². The second-order valence-electron chi connectivity index (χ2n) is 3.98. The number of rotatable bonds is 4. The van der Waals surface area contributed by atoms with Crippen molar-refractivity contribution < 1.29 is 4.79 Å². The molecule has 88 valence electrons. The van der Waals surface area contributed by atoms with E-state index in [9.17, 15) is 4.79 Å². The molecule has 0 saturated heterocycles. The van der Waals surface area contributed by atoms with Gasteiger partial charge >= 0.3 is 0 Å². The zero-order valence-electron chi connectivity index (χ0n) is 10.2. The molecular weight excluding hydrogens is 204 g/mol. The third kappa shape index (κ3) is 3.58. The molecule has 0 saturated carbocycles. The number of aromatic nitrogens is 2. The third-order valence-corrected chi connectivity index (χ3v) is 2.19. The number of nitrogens with zero attached hydrogens (tertiary/aromatic N) is 3. The third-order valence-electron chi connectivity index (χ3n) is 2.19. The molecule has 1 amide bonds. The van der Waals surface area contributed by atoms with E-state index in [1.807, 2.05) is 20.8 Å². The Kier molecular flexibility index (Phi) is 4.37. The van der Waals surface area contributed by atoms with Gasteiger partial charge in [0, 0.05) is 13.1 Å². The summed E-state index contributed by atoms with van der Waals surface area (Å²) in [5, 5.41) is 3.08. The lowest BCUT2D eigenvalue weighted by atomic mass is 10.3. The molecular formula is C11H18N4O. The number of carbonyl (C=O) groups excluding carboxylic acids is 1. The van der Waals surface area contributed by atoms with Crippen LogP contribution < -0.4 is 10.2 Å². The number of likely N-dealkylation sites (N-methyl/N-ethyl adjacent to an activating group) is 1. The van der Waals surface area contributed by atoms with Crippen LogP contribution in [0.25, 0.3) is 0 Å². The van der Waals surface area contributed by atoms with Crippen molar-refractivity contribution in [2.45, 2.75) is 26.8 Å². The van der Waals surface area contributed by atoms with Gasteiger partial charge in [0.15, 0.2) is 0 Å². The summed E-state index contributed by atoms with van der Waals surface area (Å²) in [5.74, 6) is 0.700. The fourth-order valence-electron chi connectivity index (χ4n) is 1.11. The second-order valence-corrected chi connectivity index (χ2v) is 3.98. The molecule has 0 unspecified atom stereocenters. The molecule has 0 aliphatic rings. The van der Waals surface area contributed by atoms with Gasteiger partial charge in [0.1, 0.15) is 5.82 Å². The first-order chi connectivity index (χ1) is 7.50. The van der Waals surface area contributed by atoms with E-state index >= 15 is 0 Å². The number of aryl methyl sites for hydroxylation is 1. The molecule has 0 aliphatic heterocycles. The van der Waals surface area contributed by atoms with Crippen molar-refractivity contribution >= 4 is 11.6 Å². The number of anilines is 1. The van der Waals surface area contributed by atoms with Crippen LogP contribution in [0.4, 0.5) is 5.69 Å². The smallest absolute Gasteiger partial charge is 0.240 e. The Bertz CT molecular complexity index is 348. The van der Waals surface area contributed by atoms with E-state index in [0.29, 0.717) is 24.1 Å². The minimum atomic E-state index is 0.00107. The Balaban J connectivity index is 2.59. The fourth-order valence-corrected chi connectivity index (χ4v) is 1.11. The molecule has 0 radical (unpaired) electrons. The maximum atomic E-state index is 11.7. The summed E-state index contributed by atoms with van der Waals surface area (Å²) in [4.78, 5) is 21.4. The average Bonchev–Trinajstić information content (AvgIpc) is 2.26. The van der Waals surface area contributed by atoms with Gasteiger partial charge in [0.2, 0.25) is 5.91 Å². The van der Waals surface area contributed by atoms with Gasteiger partial charge in [-0.1, -0.05) is 13.8 Å². The van der Waals surface area contributed by atoms with Gasteiger partial charge in [-0.2, -0.15) is 0 Å². The summed E-state index contributed by atoms with van der Waals surface area (Å²) < 4.78 is 0. The van der Waals surface area contributed by atoms with Crippen LogP contribution in [0, 0.1) is 6.92 Å². The lowest BCUT2D eigenvalue weighted by Gasteiger charge is -2.17. The first kappa shape index (κ1) is 12.6. The van der Waals surface area contributed by atoms with Crippen molar-refractivity contribution in [3.05, 3.63) is 18.2 Å². The molecule has 16 heavy (non-hydrogen) atoms. The molecule has 1 aromatic rings. The molecule has 1 aromatic heterocycles. The number of nitrogens with one attached hydrogen (secondary N) is 1. The van der Waals surface area contributed by atoms with E-state index in [-0.39, 0.29) is 5.91 Å². The summed E-state index contributed by atoms with van der Waals surface area (Å²) in [6, 6.07) is 0.298. The van der Waals surface area contributed by atoms with E-state index in [1.54, 1.807) is 24.3 Å². The van der Waals surface area contributed by atoms with Crippen LogP contribution in [0.5, 0.6) is 0 Å². The Morgan fingerprint density at radius 2 is 2.00 bits per heavy atom. The van der Waals surface area contributed by atoms with E-state index in [2.05, 4.69) is 15.3 Å². The quantitative estimate of drug-likeness (QED) is 0.816. The first-order valence-corrected chi connectivity index (χ1v) is 5.29. The fraction of sp³-hybridized carbons (Fsp3) is 0.545. The lowest BCUT2D eigenvalue weighted by molar-refractivity contribution is -0.117. The molecule has 1 N–H and O–H groups in total. The maximum absolute atomic E-state index is 11.7. The lowest BCUT2D eigenvalue weighted by Crippen LogP contribution is -2.38. The van der Waals surface area contributed by atoms with E-state index < -0.39 is 0 Å². The number of amides is 1. The van der Waals surface area contributed by atoms with Crippen molar-refractivity contribution in [1.82, 2.24) is 15.3 Å². The highest BCUT2D eigenvalue weighted by atomic mass is 16.2. The van der Waals surface area contributed by atoms with Gasteiger partial charge in [-0.05, 0) is 6.92 Å². The summed E-state index contributed by atoms with van der Waals surface area (Å²) in [7, 11) is 1.72. The molecule has 1 rings (SSSR count). The Morgan fingerprint density at radius 1 is 1.44 bits per heavy atom. The van der Waals surface area contributed by atoms with Crippen LogP contribution in [0.1, 0.15) is 19.7 Å². The van der Waals surface area contributed by atoms with Gasteiger partial charge in [-0.15, -0.1) is 0 Å².